The van der Waals surface area contributed by atoms with Crippen LogP contribution >= 0.6 is 32.9 Å². The summed E-state index contributed by atoms with van der Waals surface area (Å²) in [7, 11) is 6.66. The maximum Gasteiger partial charge on any atom is 0.193 e. The van der Waals surface area contributed by atoms with Crippen LogP contribution in [-0.4, -0.2) is 14.2 Å². The Balaban J connectivity index is 1.94. The molecule has 0 aliphatic carbocycles. The molecular weight excluding hydrogens is 360 g/mol. The predicted octanol–water partition coefficient (Wildman–Crippen LogP) is 5.12. The number of methoxy groups -OCH3 is 2. The molecule has 0 radical (unpaired) electrons. The molecule has 3 nitrogen and oxygen atoms in total. The van der Waals surface area contributed by atoms with Crippen LogP contribution in [0, 0.1) is 0 Å². The molecule has 24 heavy (non-hydrogen) atoms. The predicted molar refractivity (Wildman–Crippen MR) is 103 cm³/mol. The van der Waals surface area contributed by atoms with Crippen molar-refractivity contribution in [3.8, 4) is 11.5 Å². The molecule has 122 valence electrons. The average Bonchev–Trinajstić information content (AvgIpc) is 3.05. The summed E-state index contributed by atoms with van der Waals surface area (Å²) < 4.78 is 13.0. The highest BCUT2D eigenvalue weighted by Gasteiger charge is 2.32. The summed E-state index contributed by atoms with van der Waals surface area (Å²) in [6.45, 7) is 0. The third kappa shape index (κ3) is 2.49. The van der Waals surface area contributed by atoms with Crippen LogP contribution in [-0.2, 0) is 0 Å². The summed E-state index contributed by atoms with van der Waals surface area (Å²) >= 11 is 1.68. The first-order valence-corrected chi connectivity index (χ1v) is 10.4. The summed E-state index contributed by atoms with van der Waals surface area (Å²) in [5, 5.41) is 0.736. The van der Waals surface area contributed by atoms with Gasteiger partial charge < -0.3 is 9.47 Å². The van der Waals surface area contributed by atoms with Crippen LogP contribution in [0.1, 0.15) is 16.4 Å². The molecule has 1 aromatic heterocycles. The van der Waals surface area contributed by atoms with E-state index in [-0.39, 0.29) is 10.7 Å². The van der Waals surface area contributed by atoms with Crippen LogP contribution in [0.25, 0.3) is 10.1 Å². The number of fused-ring (bicyclic) bond motifs is 2. The number of hydrogen-bond acceptors (Lipinski definition) is 6. The largest absolute Gasteiger partial charge is 0.497 e. The molecule has 0 saturated heterocycles. The minimum absolute atomic E-state index is 0.0524. The lowest BCUT2D eigenvalue weighted by Gasteiger charge is -2.15. The highest BCUT2D eigenvalue weighted by atomic mass is 33.1. The van der Waals surface area contributed by atoms with Gasteiger partial charge in [0.2, 0.25) is 0 Å². The Hall–Kier alpha value is -1.63. The van der Waals surface area contributed by atoms with Crippen molar-refractivity contribution >= 4 is 43.0 Å². The van der Waals surface area contributed by atoms with Gasteiger partial charge >= 0.3 is 0 Å². The number of hydrogen-bond donors (Lipinski definition) is 0. The fourth-order valence-electron chi connectivity index (χ4n) is 2.82. The second-order valence-electron chi connectivity index (χ2n) is 5.30. The van der Waals surface area contributed by atoms with Gasteiger partial charge in [-0.05, 0) is 41.1 Å². The molecule has 1 atom stereocenters. The van der Waals surface area contributed by atoms with E-state index in [0.29, 0.717) is 0 Å². The fraction of sp³-hybridized carbons (Fsp3) is 0.167. The SMILES string of the molecule is COc1ccc(OC)c(C2SSc3sc4ccccc4c(=O)c32)c1. The van der Waals surface area contributed by atoms with E-state index in [9.17, 15) is 4.79 Å². The second-order valence-corrected chi connectivity index (χ2v) is 8.92. The van der Waals surface area contributed by atoms with Gasteiger partial charge in [-0.1, -0.05) is 22.9 Å². The zero-order valence-corrected chi connectivity index (χ0v) is 15.5. The molecule has 1 unspecified atom stereocenters. The Kier molecular flexibility index (Phi) is 4.20. The molecule has 3 aromatic rings. The van der Waals surface area contributed by atoms with Gasteiger partial charge in [0.25, 0.3) is 0 Å². The zero-order valence-electron chi connectivity index (χ0n) is 13.1. The molecule has 1 aliphatic rings. The zero-order chi connectivity index (χ0) is 16.7. The summed E-state index contributed by atoms with van der Waals surface area (Å²) in [4.78, 5) is 13.1. The third-order valence-electron chi connectivity index (χ3n) is 4.00. The molecule has 0 amide bonds. The van der Waals surface area contributed by atoms with Gasteiger partial charge in [0.1, 0.15) is 11.5 Å². The maximum absolute atomic E-state index is 13.1. The monoisotopic (exact) mass is 374 g/mol. The van der Waals surface area contributed by atoms with E-state index in [1.165, 1.54) is 0 Å². The fourth-order valence-corrected chi connectivity index (χ4v) is 7.48. The van der Waals surface area contributed by atoms with Crippen LogP contribution in [0.15, 0.2) is 51.5 Å². The van der Waals surface area contributed by atoms with E-state index in [4.69, 9.17) is 9.47 Å². The number of benzene rings is 2. The molecule has 0 saturated carbocycles. The third-order valence-corrected chi connectivity index (χ3v) is 8.31. The molecule has 6 heteroatoms. The molecule has 0 N–H and O–H groups in total. The number of ether oxygens (including phenoxy) is 2. The summed E-state index contributed by atoms with van der Waals surface area (Å²) in [5.41, 5.74) is 1.96. The van der Waals surface area contributed by atoms with Crippen molar-refractivity contribution in [2.75, 3.05) is 14.2 Å². The standard InChI is InChI=1S/C18H14O3S3/c1-20-10-7-8-13(21-2)12(9-10)17-15-16(19)11-5-3-4-6-14(11)22-18(15)24-23-17/h3-9,17H,1-2H3. The van der Waals surface area contributed by atoms with E-state index in [2.05, 4.69) is 0 Å². The van der Waals surface area contributed by atoms with E-state index in [0.717, 1.165) is 36.9 Å². The first-order valence-electron chi connectivity index (χ1n) is 7.34. The van der Waals surface area contributed by atoms with Gasteiger partial charge in [0.05, 0.1) is 23.7 Å². The Morgan fingerprint density at radius 3 is 2.67 bits per heavy atom. The molecule has 2 aromatic carbocycles. The summed E-state index contributed by atoms with van der Waals surface area (Å²) in [5.74, 6) is 1.54. The van der Waals surface area contributed by atoms with Gasteiger partial charge in [-0.15, -0.1) is 11.3 Å². The van der Waals surface area contributed by atoms with Crippen LogP contribution < -0.4 is 14.9 Å². The van der Waals surface area contributed by atoms with Crippen LogP contribution in [0.2, 0.25) is 0 Å². The Bertz CT molecular complexity index is 981. The molecule has 4 rings (SSSR count). The summed E-state index contributed by atoms with van der Waals surface area (Å²) in [6, 6.07) is 13.5. The maximum atomic E-state index is 13.1. The van der Waals surface area contributed by atoms with Crippen molar-refractivity contribution in [2.45, 2.75) is 9.46 Å². The van der Waals surface area contributed by atoms with Crippen LogP contribution in [0.5, 0.6) is 11.5 Å². The van der Waals surface area contributed by atoms with Gasteiger partial charge in [-0.25, -0.2) is 0 Å². The summed E-state index contributed by atoms with van der Waals surface area (Å²) in [6.07, 6.45) is 0. The molecule has 0 spiro atoms. The van der Waals surface area contributed by atoms with E-state index in [1.54, 1.807) is 47.1 Å². The minimum atomic E-state index is -0.0524. The first-order chi connectivity index (χ1) is 11.7. The van der Waals surface area contributed by atoms with Gasteiger partial charge in [0, 0.05) is 21.2 Å². The van der Waals surface area contributed by atoms with E-state index >= 15 is 0 Å². The molecule has 1 aliphatic heterocycles. The van der Waals surface area contributed by atoms with Gasteiger partial charge in [0.15, 0.2) is 5.43 Å². The Morgan fingerprint density at radius 1 is 1.04 bits per heavy atom. The molecule has 2 heterocycles. The van der Waals surface area contributed by atoms with Gasteiger partial charge in [-0.2, -0.15) is 0 Å². The lowest BCUT2D eigenvalue weighted by atomic mass is 10.0. The lowest BCUT2D eigenvalue weighted by Crippen LogP contribution is -2.11. The van der Waals surface area contributed by atoms with Crippen LogP contribution in [0.4, 0.5) is 0 Å². The van der Waals surface area contributed by atoms with Crippen molar-refractivity contribution in [1.29, 1.82) is 0 Å². The molecule has 0 bridgehead atoms. The quantitative estimate of drug-likeness (QED) is 0.595. The second kappa shape index (κ2) is 6.35. The van der Waals surface area contributed by atoms with E-state index < -0.39 is 0 Å². The van der Waals surface area contributed by atoms with Crippen LogP contribution in [0.3, 0.4) is 0 Å². The Morgan fingerprint density at radius 2 is 1.88 bits per heavy atom. The van der Waals surface area contributed by atoms with Crippen molar-refractivity contribution in [2.24, 2.45) is 0 Å². The van der Waals surface area contributed by atoms with Crippen molar-refractivity contribution < 1.29 is 9.47 Å². The minimum Gasteiger partial charge on any atom is -0.497 e. The van der Waals surface area contributed by atoms with E-state index in [1.807, 2.05) is 42.5 Å². The molecular formula is C18H14O3S3. The number of rotatable bonds is 3. The highest BCUT2D eigenvalue weighted by Crippen LogP contribution is 2.58. The van der Waals surface area contributed by atoms with Crippen molar-refractivity contribution in [1.82, 2.24) is 0 Å². The average molecular weight is 375 g/mol. The topological polar surface area (TPSA) is 35.5 Å². The van der Waals surface area contributed by atoms with Crippen molar-refractivity contribution in [3.63, 3.8) is 0 Å². The van der Waals surface area contributed by atoms with Crippen molar-refractivity contribution in [3.05, 3.63) is 63.8 Å². The Labute approximate surface area is 151 Å². The normalized spacial score (nSPS) is 16.2. The highest BCUT2D eigenvalue weighted by molar-refractivity contribution is 8.77. The molecule has 0 fully saturated rings. The van der Waals surface area contributed by atoms with Gasteiger partial charge in [-0.3, -0.25) is 4.79 Å². The lowest BCUT2D eigenvalue weighted by molar-refractivity contribution is 0.399. The first kappa shape index (κ1) is 15.9. The smallest absolute Gasteiger partial charge is 0.193 e.